The second-order valence-electron chi connectivity index (χ2n) is 3.91. The van der Waals surface area contributed by atoms with E-state index in [1.165, 1.54) is 17.0 Å². The number of benzene rings is 1. The highest BCUT2D eigenvalue weighted by Gasteiger charge is 2.11. The smallest absolute Gasteiger partial charge is 0.226 e. The van der Waals surface area contributed by atoms with Crippen LogP contribution in [0.15, 0.2) is 36.9 Å². The summed E-state index contributed by atoms with van der Waals surface area (Å²) in [5.74, 6) is -0.118. The molecule has 1 aromatic carbocycles. The Labute approximate surface area is 112 Å². The first-order valence-corrected chi connectivity index (χ1v) is 6.05. The predicted molar refractivity (Wildman–Crippen MR) is 70.4 cm³/mol. The zero-order valence-electron chi connectivity index (χ0n) is 10.7. The van der Waals surface area contributed by atoms with Gasteiger partial charge in [-0.1, -0.05) is 12.1 Å². The number of aliphatic hydroxyl groups is 1. The Hall–Kier alpha value is -1.88. The van der Waals surface area contributed by atoms with Crippen LogP contribution >= 0.6 is 0 Å². The summed E-state index contributed by atoms with van der Waals surface area (Å²) in [5.41, 5.74) is 0. The van der Waals surface area contributed by atoms with E-state index in [1.807, 2.05) is 0 Å². The van der Waals surface area contributed by atoms with E-state index in [4.69, 9.17) is 9.84 Å². The molecule has 0 atom stereocenters. The van der Waals surface area contributed by atoms with E-state index in [0.717, 1.165) is 0 Å². The lowest BCUT2D eigenvalue weighted by Gasteiger charge is -2.19. The maximum absolute atomic E-state index is 12.9. The van der Waals surface area contributed by atoms with Crippen LogP contribution in [-0.2, 0) is 4.79 Å². The normalized spacial score (nSPS) is 10.0. The molecule has 1 rings (SSSR count). The first-order valence-electron chi connectivity index (χ1n) is 6.05. The monoisotopic (exact) mass is 267 g/mol. The molecule has 0 aromatic heterocycles. The van der Waals surface area contributed by atoms with Crippen LogP contribution in [0.1, 0.15) is 6.42 Å². The standard InChI is InChI=1S/C14H18FNO3/c1-2-7-16(8-9-17)14(18)6-10-19-13-5-3-4-12(15)11-13/h2-5,11,17H,1,6-10H2. The first kappa shape index (κ1) is 15.2. The van der Waals surface area contributed by atoms with Gasteiger partial charge in [-0.2, -0.15) is 0 Å². The summed E-state index contributed by atoms with van der Waals surface area (Å²) in [6.07, 6.45) is 1.77. The number of nitrogens with zero attached hydrogens (tertiary/aromatic N) is 1. The van der Waals surface area contributed by atoms with Gasteiger partial charge in [-0.15, -0.1) is 6.58 Å². The van der Waals surface area contributed by atoms with Crippen molar-refractivity contribution in [3.63, 3.8) is 0 Å². The van der Waals surface area contributed by atoms with Gasteiger partial charge in [0.1, 0.15) is 11.6 Å². The zero-order valence-corrected chi connectivity index (χ0v) is 10.7. The summed E-state index contributed by atoms with van der Waals surface area (Å²) in [4.78, 5) is 13.3. The molecular formula is C14H18FNO3. The Morgan fingerprint density at radius 3 is 2.95 bits per heavy atom. The molecule has 0 radical (unpaired) electrons. The van der Waals surface area contributed by atoms with E-state index >= 15 is 0 Å². The Bertz CT molecular complexity index is 423. The van der Waals surface area contributed by atoms with Crippen LogP contribution in [0, 0.1) is 5.82 Å². The minimum absolute atomic E-state index is 0.0929. The van der Waals surface area contributed by atoms with Crippen molar-refractivity contribution < 1.29 is 19.0 Å². The molecule has 1 N–H and O–H groups in total. The average molecular weight is 267 g/mol. The van der Waals surface area contributed by atoms with Gasteiger partial charge in [0.25, 0.3) is 0 Å². The Morgan fingerprint density at radius 2 is 2.32 bits per heavy atom. The lowest BCUT2D eigenvalue weighted by molar-refractivity contribution is -0.131. The molecule has 0 saturated heterocycles. The molecule has 1 amide bonds. The van der Waals surface area contributed by atoms with E-state index in [0.29, 0.717) is 12.3 Å². The summed E-state index contributed by atoms with van der Waals surface area (Å²) in [5, 5.41) is 8.85. The molecule has 19 heavy (non-hydrogen) atoms. The molecule has 5 heteroatoms. The highest BCUT2D eigenvalue weighted by molar-refractivity contribution is 5.76. The second-order valence-corrected chi connectivity index (χ2v) is 3.91. The fraction of sp³-hybridized carbons (Fsp3) is 0.357. The molecule has 0 bridgehead atoms. The minimum Gasteiger partial charge on any atom is -0.493 e. The molecule has 0 spiro atoms. The van der Waals surface area contributed by atoms with Crippen LogP contribution in [0.3, 0.4) is 0 Å². The summed E-state index contributed by atoms with van der Waals surface area (Å²) < 4.78 is 18.2. The van der Waals surface area contributed by atoms with Crippen molar-refractivity contribution in [2.75, 3.05) is 26.3 Å². The minimum atomic E-state index is -0.377. The third kappa shape index (κ3) is 5.52. The quantitative estimate of drug-likeness (QED) is 0.728. The third-order valence-corrected chi connectivity index (χ3v) is 2.45. The van der Waals surface area contributed by atoms with Crippen LogP contribution in [-0.4, -0.2) is 42.2 Å². The van der Waals surface area contributed by atoms with Gasteiger partial charge in [-0.3, -0.25) is 4.79 Å². The molecule has 0 saturated carbocycles. The van der Waals surface area contributed by atoms with Crippen molar-refractivity contribution in [2.45, 2.75) is 6.42 Å². The van der Waals surface area contributed by atoms with Gasteiger partial charge < -0.3 is 14.7 Å². The van der Waals surface area contributed by atoms with Gasteiger partial charge >= 0.3 is 0 Å². The highest BCUT2D eigenvalue weighted by Crippen LogP contribution is 2.12. The average Bonchev–Trinajstić information content (AvgIpc) is 2.38. The van der Waals surface area contributed by atoms with Crippen molar-refractivity contribution in [1.82, 2.24) is 4.90 Å². The van der Waals surface area contributed by atoms with Gasteiger partial charge in [-0.05, 0) is 12.1 Å². The number of halogens is 1. The van der Waals surface area contributed by atoms with Gasteiger partial charge in [-0.25, -0.2) is 4.39 Å². The number of ether oxygens (including phenoxy) is 1. The summed E-state index contributed by atoms with van der Waals surface area (Å²) in [6.45, 7) is 4.29. The highest BCUT2D eigenvalue weighted by atomic mass is 19.1. The number of carbonyl (C=O) groups excluding carboxylic acids is 1. The molecule has 0 heterocycles. The van der Waals surface area contributed by atoms with Crippen LogP contribution in [0.4, 0.5) is 4.39 Å². The van der Waals surface area contributed by atoms with Crippen molar-refractivity contribution >= 4 is 5.91 Å². The largest absolute Gasteiger partial charge is 0.493 e. The van der Waals surface area contributed by atoms with Crippen molar-refractivity contribution in [3.05, 3.63) is 42.7 Å². The topological polar surface area (TPSA) is 49.8 Å². The van der Waals surface area contributed by atoms with E-state index in [2.05, 4.69) is 6.58 Å². The summed E-state index contributed by atoms with van der Waals surface area (Å²) in [6, 6.07) is 5.76. The maximum Gasteiger partial charge on any atom is 0.226 e. The van der Waals surface area contributed by atoms with Crippen LogP contribution in [0.2, 0.25) is 0 Å². The molecule has 4 nitrogen and oxygen atoms in total. The van der Waals surface area contributed by atoms with Crippen LogP contribution < -0.4 is 4.74 Å². The molecule has 0 aliphatic heterocycles. The molecule has 0 unspecified atom stereocenters. The SMILES string of the molecule is C=CCN(CCO)C(=O)CCOc1cccc(F)c1. The number of hydrogen-bond donors (Lipinski definition) is 1. The lowest BCUT2D eigenvalue weighted by Crippen LogP contribution is -2.34. The van der Waals surface area contributed by atoms with Crippen molar-refractivity contribution in [2.24, 2.45) is 0 Å². The summed E-state index contributed by atoms with van der Waals surface area (Å²) >= 11 is 0. The third-order valence-electron chi connectivity index (χ3n) is 2.45. The molecule has 1 aromatic rings. The molecule has 0 aliphatic rings. The number of hydrogen-bond acceptors (Lipinski definition) is 3. The van der Waals surface area contributed by atoms with Gasteiger partial charge in [0, 0.05) is 19.2 Å². The van der Waals surface area contributed by atoms with Crippen molar-refractivity contribution in [3.8, 4) is 5.75 Å². The lowest BCUT2D eigenvalue weighted by atomic mass is 10.3. The van der Waals surface area contributed by atoms with E-state index in [9.17, 15) is 9.18 Å². The zero-order chi connectivity index (χ0) is 14.1. The number of carbonyl (C=O) groups is 1. The Balaban J connectivity index is 2.38. The first-order chi connectivity index (χ1) is 9.17. The molecule has 0 fully saturated rings. The number of rotatable bonds is 8. The van der Waals surface area contributed by atoms with Crippen molar-refractivity contribution in [1.29, 1.82) is 0 Å². The predicted octanol–water partition coefficient (Wildman–Crippen LogP) is 1.60. The van der Waals surface area contributed by atoms with Crippen LogP contribution in [0.25, 0.3) is 0 Å². The fourth-order valence-electron chi connectivity index (χ4n) is 1.57. The molecular weight excluding hydrogens is 249 g/mol. The van der Waals surface area contributed by atoms with E-state index in [1.54, 1.807) is 18.2 Å². The molecule has 104 valence electrons. The van der Waals surface area contributed by atoms with E-state index < -0.39 is 0 Å². The van der Waals surface area contributed by atoms with Gasteiger partial charge in [0.2, 0.25) is 5.91 Å². The van der Waals surface area contributed by atoms with Crippen LogP contribution in [0.5, 0.6) is 5.75 Å². The summed E-state index contributed by atoms with van der Waals surface area (Å²) in [7, 11) is 0. The fourth-order valence-corrected chi connectivity index (χ4v) is 1.57. The molecule has 0 aliphatic carbocycles. The second kappa shape index (κ2) is 8.26. The Morgan fingerprint density at radius 1 is 1.53 bits per heavy atom. The van der Waals surface area contributed by atoms with E-state index in [-0.39, 0.29) is 37.9 Å². The maximum atomic E-state index is 12.9. The number of aliphatic hydroxyl groups excluding tert-OH is 1. The van der Waals surface area contributed by atoms with Gasteiger partial charge in [0.05, 0.1) is 19.6 Å². The Kier molecular flexibility index (Phi) is 6.60. The number of amides is 1. The van der Waals surface area contributed by atoms with Gasteiger partial charge in [0.15, 0.2) is 0 Å².